The second-order valence-corrected chi connectivity index (χ2v) is 5.01. The van der Waals surface area contributed by atoms with Crippen LogP contribution >= 0.6 is 35.0 Å². The molecule has 1 unspecified atom stereocenters. The first-order valence-electron chi connectivity index (χ1n) is 4.15. The molecular weight excluding hydrogens is 257 g/mol. The van der Waals surface area contributed by atoms with Crippen LogP contribution in [0.5, 0.6) is 0 Å². The van der Waals surface area contributed by atoms with E-state index in [0.717, 1.165) is 5.56 Å². The molecule has 1 rings (SSSR count). The summed E-state index contributed by atoms with van der Waals surface area (Å²) in [5, 5.41) is 9.07. The summed E-state index contributed by atoms with van der Waals surface area (Å²) in [4.78, 5) is 14.5. The van der Waals surface area contributed by atoms with Crippen LogP contribution in [0.3, 0.4) is 0 Å². The molecule has 0 aliphatic rings. The fourth-order valence-electron chi connectivity index (χ4n) is 0.828. The number of aromatic nitrogens is 1. The van der Waals surface area contributed by atoms with E-state index < -0.39 is 11.2 Å². The Morgan fingerprint density at radius 3 is 2.87 bits per heavy atom. The van der Waals surface area contributed by atoms with Gasteiger partial charge in [-0.25, -0.2) is 4.98 Å². The number of rotatable bonds is 4. The molecule has 1 N–H and O–H groups in total. The molecule has 1 heterocycles. The Morgan fingerprint density at radius 2 is 2.33 bits per heavy atom. The molecule has 82 valence electrons. The van der Waals surface area contributed by atoms with Crippen molar-refractivity contribution in [3.05, 3.63) is 28.0 Å². The third kappa shape index (κ3) is 3.89. The third-order valence-electron chi connectivity index (χ3n) is 1.73. The van der Waals surface area contributed by atoms with E-state index in [1.807, 2.05) is 0 Å². The summed E-state index contributed by atoms with van der Waals surface area (Å²) in [6.07, 6.45) is 1.56. The molecule has 6 heteroatoms. The SMILES string of the molecule is CC(SCc1cnc(Cl)cc1Cl)C(=O)O. The summed E-state index contributed by atoms with van der Waals surface area (Å²) in [6.45, 7) is 1.63. The van der Waals surface area contributed by atoms with Gasteiger partial charge in [-0.05, 0) is 18.6 Å². The predicted molar refractivity (Wildman–Crippen MR) is 62.6 cm³/mol. The normalized spacial score (nSPS) is 12.5. The Kier molecular flexibility index (Phi) is 4.70. The topological polar surface area (TPSA) is 50.2 Å². The van der Waals surface area contributed by atoms with Crippen LogP contribution in [0.1, 0.15) is 12.5 Å². The van der Waals surface area contributed by atoms with Crippen LogP contribution in [-0.4, -0.2) is 21.3 Å². The zero-order valence-corrected chi connectivity index (χ0v) is 10.2. The van der Waals surface area contributed by atoms with E-state index in [-0.39, 0.29) is 0 Å². The van der Waals surface area contributed by atoms with E-state index in [2.05, 4.69) is 4.98 Å². The fourth-order valence-corrected chi connectivity index (χ4v) is 2.14. The van der Waals surface area contributed by atoms with E-state index in [4.69, 9.17) is 28.3 Å². The number of carboxylic acids is 1. The highest BCUT2D eigenvalue weighted by molar-refractivity contribution is 7.99. The quantitative estimate of drug-likeness (QED) is 0.851. The number of thioether (sulfide) groups is 1. The van der Waals surface area contributed by atoms with Crippen LogP contribution in [0.15, 0.2) is 12.3 Å². The van der Waals surface area contributed by atoms with Crippen LogP contribution in [-0.2, 0) is 10.5 Å². The van der Waals surface area contributed by atoms with Crippen molar-refractivity contribution < 1.29 is 9.90 Å². The molecular formula is C9H9Cl2NO2S. The van der Waals surface area contributed by atoms with Gasteiger partial charge in [0, 0.05) is 17.0 Å². The smallest absolute Gasteiger partial charge is 0.316 e. The number of pyridine rings is 1. The van der Waals surface area contributed by atoms with Crippen molar-refractivity contribution in [2.75, 3.05) is 0 Å². The van der Waals surface area contributed by atoms with Crippen molar-refractivity contribution >= 4 is 40.9 Å². The maximum Gasteiger partial charge on any atom is 0.316 e. The van der Waals surface area contributed by atoms with Gasteiger partial charge in [0.25, 0.3) is 0 Å². The maximum atomic E-state index is 10.6. The maximum absolute atomic E-state index is 10.6. The number of halogens is 2. The van der Waals surface area contributed by atoms with Gasteiger partial charge in [-0.3, -0.25) is 4.79 Å². The van der Waals surface area contributed by atoms with Gasteiger partial charge in [-0.2, -0.15) is 0 Å². The molecule has 0 fully saturated rings. The molecule has 3 nitrogen and oxygen atoms in total. The van der Waals surface area contributed by atoms with E-state index in [1.54, 1.807) is 19.2 Å². The summed E-state index contributed by atoms with van der Waals surface area (Å²) in [6, 6.07) is 1.55. The molecule has 1 atom stereocenters. The lowest BCUT2D eigenvalue weighted by atomic mass is 10.3. The lowest BCUT2D eigenvalue weighted by Gasteiger charge is -2.07. The highest BCUT2D eigenvalue weighted by Crippen LogP contribution is 2.24. The molecule has 0 aromatic carbocycles. The average Bonchev–Trinajstić information content (AvgIpc) is 2.15. The number of carbonyl (C=O) groups is 1. The Bertz CT molecular complexity index is 373. The summed E-state index contributed by atoms with van der Waals surface area (Å²) >= 11 is 12.8. The standard InChI is InChI=1S/C9H9Cl2NO2S/c1-5(9(13)14)15-4-6-3-12-8(11)2-7(6)10/h2-3,5H,4H2,1H3,(H,13,14). The molecule has 0 radical (unpaired) electrons. The lowest BCUT2D eigenvalue weighted by Crippen LogP contribution is -2.11. The van der Waals surface area contributed by atoms with Gasteiger partial charge < -0.3 is 5.11 Å². The summed E-state index contributed by atoms with van der Waals surface area (Å²) in [5.74, 6) is -0.325. The fraction of sp³-hybridized carbons (Fsp3) is 0.333. The van der Waals surface area contributed by atoms with E-state index in [0.29, 0.717) is 15.9 Å². The average molecular weight is 266 g/mol. The van der Waals surface area contributed by atoms with E-state index >= 15 is 0 Å². The van der Waals surface area contributed by atoms with Gasteiger partial charge in [0.1, 0.15) is 5.15 Å². The molecule has 0 saturated carbocycles. The van der Waals surface area contributed by atoms with Gasteiger partial charge >= 0.3 is 5.97 Å². The Balaban J connectivity index is 2.62. The number of nitrogens with zero attached hydrogens (tertiary/aromatic N) is 1. The van der Waals surface area contributed by atoms with Crippen molar-refractivity contribution in [1.29, 1.82) is 0 Å². The monoisotopic (exact) mass is 265 g/mol. The second kappa shape index (κ2) is 5.58. The largest absolute Gasteiger partial charge is 0.480 e. The van der Waals surface area contributed by atoms with Crippen molar-refractivity contribution in [3.8, 4) is 0 Å². The highest BCUT2D eigenvalue weighted by atomic mass is 35.5. The molecule has 0 bridgehead atoms. The molecule has 0 spiro atoms. The molecule has 0 saturated heterocycles. The van der Waals surface area contributed by atoms with E-state index in [1.165, 1.54) is 11.8 Å². The van der Waals surface area contributed by atoms with Crippen molar-refractivity contribution in [2.45, 2.75) is 17.9 Å². The minimum absolute atomic E-state index is 0.333. The van der Waals surface area contributed by atoms with Crippen LogP contribution < -0.4 is 0 Å². The number of aliphatic carboxylic acids is 1. The van der Waals surface area contributed by atoms with Crippen molar-refractivity contribution in [2.24, 2.45) is 0 Å². The second-order valence-electron chi connectivity index (χ2n) is 2.89. The van der Waals surface area contributed by atoms with Crippen LogP contribution in [0.2, 0.25) is 10.2 Å². The van der Waals surface area contributed by atoms with Gasteiger partial charge in [0.15, 0.2) is 0 Å². The third-order valence-corrected chi connectivity index (χ3v) is 3.47. The van der Waals surface area contributed by atoms with Crippen LogP contribution in [0.25, 0.3) is 0 Å². The molecule has 0 aliphatic heterocycles. The summed E-state index contributed by atoms with van der Waals surface area (Å²) in [7, 11) is 0. The number of hydrogen-bond acceptors (Lipinski definition) is 3. The van der Waals surface area contributed by atoms with Crippen molar-refractivity contribution in [1.82, 2.24) is 4.98 Å². The number of carboxylic acid groups (broad SMARTS) is 1. The first kappa shape index (κ1) is 12.6. The van der Waals surface area contributed by atoms with Gasteiger partial charge in [0.2, 0.25) is 0 Å². The first-order valence-corrected chi connectivity index (χ1v) is 5.95. The van der Waals surface area contributed by atoms with Gasteiger partial charge in [-0.1, -0.05) is 23.2 Å². The highest BCUT2D eigenvalue weighted by Gasteiger charge is 2.12. The Hall–Kier alpha value is -0.450. The minimum atomic E-state index is -0.835. The first-order chi connectivity index (χ1) is 7.00. The van der Waals surface area contributed by atoms with Gasteiger partial charge in [-0.15, -0.1) is 11.8 Å². The molecule has 0 aliphatic carbocycles. The molecule has 1 aromatic heterocycles. The minimum Gasteiger partial charge on any atom is -0.480 e. The predicted octanol–water partition coefficient (Wildman–Crippen LogP) is 3.09. The lowest BCUT2D eigenvalue weighted by molar-refractivity contribution is -0.136. The zero-order chi connectivity index (χ0) is 11.4. The van der Waals surface area contributed by atoms with Crippen LogP contribution in [0, 0.1) is 0 Å². The van der Waals surface area contributed by atoms with Gasteiger partial charge in [0.05, 0.1) is 5.25 Å². The molecule has 1 aromatic rings. The Morgan fingerprint density at radius 1 is 1.67 bits per heavy atom. The zero-order valence-electron chi connectivity index (χ0n) is 7.91. The van der Waals surface area contributed by atoms with E-state index in [9.17, 15) is 4.79 Å². The summed E-state index contributed by atoms with van der Waals surface area (Å²) < 4.78 is 0. The van der Waals surface area contributed by atoms with Crippen LogP contribution in [0.4, 0.5) is 0 Å². The number of hydrogen-bond donors (Lipinski definition) is 1. The molecule has 15 heavy (non-hydrogen) atoms. The van der Waals surface area contributed by atoms with Crippen molar-refractivity contribution in [3.63, 3.8) is 0 Å². The Labute approximate surface area is 102 Å². The molecule has 0 amide bonds. The summed E-state index contributed by atoms with van der Waals surface area (Å²) in [5.41, 5.74) is 0.791.